The van der Waals surface area contributed by atoms with Gasteiger partial charge in [-0.3, -0.25) is 20.6 Å². The molecule has 153 valence electrons. The molecule has 1 aromatic carbocycles. The molecule has 0 spiro atoms. The maximum absolute atomic E-state index is 13.5. The summed E-state index contributed by atoms with van der Waals surface area (Å²) in [6, 6.07) is 12.9. The number of benzene rings is 1. The number of amides is 2. The summed E-state index contributed by atoms with van der Waals surface area (Å²) in [5.74, 6) is -0.551. The van der Waals surface area contributed by atoms with Crippen LogP contribution in [0.5, 0.6) is 0 Å². The van der Waals surface area contributed by atoms with Gasteiger partial charge >= 0.3 is 0 Å². The third-order valence-electron chi connectivity index (χ3n) is 5.05. The number of allylic oxidation sites excluding steroid dienone is 2. The van der Waals surface area contributed by atoms with Gasteiger partial charge < -0.3 is 28.9 Å². The van der Waals surface area contributed by atoms with Gasteiger partial charge in [-0.1, -0.05) is 36.4 Å². The predicted octanol–water partition coefficient (Wildman–Crippen LogP) is 3.21. The van der Waals surface area contributed by atoms with Crippen molar-refractivity contribution in [2.75, 3.05) is 6.54 Å². The van der Waals surface area contributed by atoms with Gasteiger partial charge in [0.2, 0.25) is 5.91 Å². The van der Waals surface area contributed by atoms with Crippen molar-refractivity contribution in [2.45, 2.75) is 37.8 Å². The zero-order chi connectivity index (χ0) is 20.5. The maximum atomic E-state index is 13.5. The molecule has 1 aromatic heterocycles. The van der Waals surface area contributed by atoms with Crippen molar-refractivity contribution in [3.8, 4) is 0 Å². The number of carbonyl (C=O) groups is 2. The second-order valence-corrected chi connectivity index (χ2v) is 7.05. The molecule has 0 bridgehead atoms. The number of aromatic nitrogens is 1. The number of hydrogen-bond acceptors (Lipinski definition) is 3. The molecule has 1 radical (unpaired) electrons. The number of nitrogens with zero attached hydrogens (tertiary/aromatic N) is 2. The van der Waals surface area contributed by atoms with E-state index in [0.717, 1.165) is 30.4 Å². The van der Waals surface area contributed by atoms with E-state index in [2.05, 4.69) is 16.4 Å². The van der Waals surface area contributed by atoms with Crippen molar-refractivity contribution in [1.82, 2.24) is 15.2 Å². The molecule has 0 saturated carbocycles. The van der Waals surface area contributed by atoms with E-state index in [4.69, 9.17) is 6.58 Å². The number of pyridine rings is 1. The minimum Gasteiger partial charge on any atom is -0.394 e. The topological polar surface area (TPSA) is 62.3 Å². The van der Waals surface area contributed by atoms with Crippen LogP contribution in [0.15, 0.2) is 67.0 Å². The van der Waals surface area contributed by atoms with Crippen molar-refractivity contribution >= 4 is 11.8 Å². The number of carbonyl (C=O) groups excluding carboxylic acids is 2. The van der Waals surface area contributed by atoms with Crippen LogP contribution in [0.1, 0.15) is 36.4 Å². The number of likely N-dealkylation sites (tertiary alicyclic amines) is 1. The molecular weight excluding hydrogens is 451 g/mol. The Kier molecular flexibility index (Phi) is 10.1. The number of nitrogens with one attached hydrogen (secondary N) is 1. The molecule has 2 aromatic rings. The molecule has 2 amide bonds. The molecule has 0 unspecified atom stereocenters. The van der Waals surface area contributed by atoms with E-state index in [0.29, 0.717) is 13.0 Å². The first kappa shape index (κ1) is 24.2. The SMILES string of the molecule is [CH-]=CC=[C-]C(=O)N[C@@H](Cc1ccccc1)C(=O)N1CCCC[C@@H]1c1cccnc1.[Y]. The molecule has 1 aliphatic heterocycles. The van der Waals surface area contributed by atoms with Gasteiger partial charge in [-0.15, -0.1) is 0 Å². The zero-order valence-electron chi connectivity index (χ0n) is 16.9. The molecule has 3 rings (SSSR count). The summed E-state index contributed by atoms with van der Waals surface area (Å²) in [6.45, 7) is 5.95. The summed E-state index contributed by atoms with van der Waals surface area (Å²) in [5.41, 5.74) is 2.00. The average Bonchev–Trinajstić information content (AvgIpc) is 2.78. The van der Waals surface area contributed by atoms with Crippen molar-refractivity contribution < 1.29 is 42.3 Å². The monoisotopic (exact) mass is 476 g/mol. The third kappa shape index (κ3) is 6.71. The number of piperidine rings is 1. The average molecular weight is 476 g/mol. The van der Waals surface area contributed by atoms with Crippen LogP contribution >= 0.6 is 0 Å². The molecule has 0 aliphatic carbocycles. The summed E-state index contributed by atoms with van der Waals surface area (Å²) in [5, 5.41) is 2.81. The van der Waals surface area contributed by atoms with Crippen LogP contribution in [0.3, 0.4) is 0 Å². The predicted molar refractivity (Wildman–Crippen MR) is 111 cm³/mol. The fourth-order valence-electron chi connectivity index (χ4n) is 3.69. The first-order valence-electron chi connectivity index (χ1n) is 9.87. The first-order valence-corrected chi connectivity index (χ1v) is 9.87. The third-order valence-corrected chi connectivity index (χ3v) is 5.05. The summed E-state index contributed by atoms with van der Waals surface area (Å²) in [7, 11) is 0. The summed E-state index contributed by atoms with van der Waals surface area (Å²) in [6.07, 6.45) is 11.9. The van der Waals surface area contributed by atoms with Crippen molar-refractivity contribution in [2.24, 2.45) is 0 Å². The van der Waals surface area contributed by atoms with Crippen molar-refractivity contribution in [1.29, 1.82) is 0 Å². The zero-order valence-corrected chi connectivity index (χ0v) is 19.7. The minimum atomic E-state index is -0.680. The molecule has 6 heteroatoms. The van der Waals surface area contributed by atoms with E-state index in [1.807, 2.05) is 53.6 Å². The van der Waals surface area contributed by atoms with Crippen LogP contribution in [0.4, 0.5) is 0 Å². The second-order valence-electron chi connectivity index (χ2n) is 7.05. The van der Waals surface area contributed by atoms with Gasteiger partial charge in [0, 0.05) is 58.1 Å². The van der Waals surface area contributed by atoms with Crippen LogP contribution in [0.2, 0.25) is 0 Å². The molecular formula is C24H25N3O2Y-2. The van der Waals surface area contributed by atoms with Gasteiger partial charge in [0.15, 0.2) is 0 Å². The van der Waals surface area contributed by atoms with E-state index < -0.39 is 11.9 Å². The van der Waals surface area contributed by atoms with Crippen molar-refractivity contribution in [3.05, 3.63) is 90.8 Å². The van der Waals surface area contributed by atoms with Gasteiger partial charge in [-0.2, -0.15) is 0 Å². The van der Waals surface area contributed by atoms with E-state index >= 15 is 0 Å². The quantitative estimate of drug-likeness (QED) is 0.379. The molecule has 2 heterocycles. The second kappa shape index (κ2) is 12.6. The summed E-state index contributed by atoms with van der Waals surface area (Å²) < 4.78 is 0. The van der Waals surface area contributed by atoms with E-state index in [9.17, 15) is 9.59 Å². The fraction of sp³-hybridized carbons (Fsp3) is 0.292. The van der Waals surface area contributed by atoms with Crippen LogP contribution in [0, 0.1) is 12.7 Å². The molecule has 1 saturated heterocycles. The normalized spacial score (nSPS) is 17.1. The maximum Gasteiger partial charge on any atom is 0.245 e. The Morgan fingerprint density at radius 3 is 2.73 bits per heavy atom. The summed E-state index contributed by atoms with van der Waals surface area (Å²) in [4.78, 5) is 31.8. The van der Waals surface area contributed by atoms with E-state index in [1.165, 1.54) is 12.2 Å². The van der Waals surface area contributed by atoms with Crippen LogP contribution in [-0.4, -0.2) is 34.3 Å². The van der Waals surface area contributed by atoms with Gasteiger partial charge in [0.05, 0.1) is 6.04 Å². The minimum absolute atomic E-state index is 0. The summed E-state index contributed by atoms with van der Waals surface area (Å²) >= 11 is 0. The van der Waals surface area contributed by atoms with E-state index in [-0.39, 0.29) is 44.7 Å². The van der Waals surface area contributed by atoms with Gasteiger partial charge in [0.1, 0.15) is 11.9 Å². The standard InChI is InChI=1S/C24H25N3O2.Y/c1-2-3-14-23(28)26-21(17-19-10-5-4-6-11-19)24(29)27-16-8-7-13-22(27)20-12-9-15-25-18-20;/h1-6,9-12,15,18,21-22H,7-8,13,16-17H2,(H,26,28);/q-2;/t21-,22+;/m0./s1. The van der Waals surface area contributed by atoms with Gasteiger partial charge in [-0.25, -0.2) is 0 Å². The van der Waals surface area contributed by atoms with E-state index in [1.54, 1.807) is 6.20 Å². The Morgan fingerprint density at radius 1 is 1.23 bits per heavy atom. The Morgan fingerprint density at radius 2 is 2.03 bits per heavy atom. The Hall–Kier alpha value is -2.11. The number of rotatable bonds is 7. The molecule has 5 nitrogen and oxygen atoms in total. The van der Waals surface area contributed by atoms with Crippen LogP contribution in [-0.2, 0) is 48.7 Å². The van der Waals surface area contributed by atoms with Crippen molar-refractivity contribution in [3.63, 3.8) is 0 Å². The largest absolute Gasteiger partial charge is 0.394 e. The smallest absolute Gasteiger partial charge is 0.245 e. The van der Waals surface area contributed by atoms with Gasteiger partial charge in [0.25, 0.3) is 0 Å². The number of hydrogen-bond donors (Lipinski definition) is 1. The first-order chi connectivity index (χ1) is 14.2. The van der Waals surface area contributed by atoms with Crippen LogP contribution < -0.4 is 5.32 Å². The molecule has 1 N–H and O–H groups in total. The molecule has 30 heavy (non-hydrogen) atoms. The Labute approximate surface area is 203 Å². The van der Waals surface area contributed by atoms with Crippen LogP contribution in [0.25, 0.3) is 0 Å². The fourth-order valence-corrected chi connectivity index (χ4v) is 3.69. The molecule has 1 aliphatic rings. The van der Waals surface area contributed by atoms with Gasteiger partial charge in [-0.05, 0) is 36.5 Å². The Balaban J connectivity index is 0.00000320. The Bertz CT molecular complexity index is 855. The molecule has 2 atom stereocenters. The molecule has 1 fully saturated rings.